The molecular weight excluding hydrogens is 278 g/mol. The summed E-state index contributed by atoms with van der Waals surface area (Å²) in [6.45, 7) is 0. The molecule has 0 aromatic heterocycles. The fourth-order valence-electron chi connectivity index (χ4n) is 1.57. The highest BCUT2D eigenvalue weighted by Gasteiger charge is 1.97. The minimum absolute atomic E-state index is 0.147. The second-order valence-electron chi connectivity index (χ2n) is 3.86. The summed E-state index contributed by atoms with van der Waals surface area (Å²) >= 11 is 10.5. The van der Waals surface area contributed by atoms with E-state index in [-0.39, 0.29) is 5.11 Å². The third-order valence-corrected chi connectivity index (χ3v) is 2.82. The van der Waals surface area contributed by atoms with Crippen LogP contribution in [-0.2, 0) is 0 Å². The van der Waals surface area contributed by atoms with Crippen molar-refractivity contribution < 1.29 is 0 Å². The van der Waals surface area contributed by atoms with Crippen molar-refractivity contribution in [2.75, 3.05) is 0 Å². The zero-order valence-electron chi connectivity index (χ0n) is 10.0. The number of nitrogens with two attached hydrogens (primary N) is 1. The van der Waals surface area contributed by atoms with Crippen molar-refractivity contribution in [3.63, 3.8) is 0 Å². The van der Waals surface area contributed by atoms with Gasteiger partial charge in [-0.3, -0.25) is 5.43 Å². The summed E-state index contributed by atoms with van der Waals surface area (Å²) < 4.78 is 0. The van der Waals surface area contributed by atoms with Gasteiger partial charge < -0.3 is 5.73 Å². The predicted molar refractivity (Wildman–Crippen MR) is 84.4 cm³/mol. The molecule has 0 saturated carbocycles. The van der Waals surface area contributed by atoms with Crippen molar-refractivity contribution >= 4 is 35.1 Å². The van der Waals surface area contributed by atoms with E-state index in [1.165, 1.54) is 0 Å². The van der Waals surface area contributed by atoms with Crippen LogP contribution in [0.4, 0.5) is 0 Å². The van der Waals surface area contributed by atoms with Crippen LogP contribution in [-0.4, -0.2) is 11.3 Å². The Balaban J connectivity index is 2.12. The number of thiocarbonyl (C=S) groups is 1. The molecule has 3 nitrogen and oxygen atoms in total. The average molecular weight is 290 g/mol. The Morgan fingerprint density at radius 2 is 1.58 bits per heavy atom. The van der Waals surface area contributed by atoms with E-state index in [0.717, 1.165) is 21.7 Å². The van der Waals surface area contributed by atoms with E-state index in [4.69, 9.17) is 17.3 Å². The van der Waals surface area contributed by atoms with Crippen LogP contribution in [0.1, 0.15) is 5.56 Å². The Morgan fingerprint density at radius 3 is 2.11 bits per heavy atom. The zero-order chi connectivity index (χ0) is 13.7. The first-order chi connectivity index (χ1) is 9.15. The maximum Gasteiger partial charge on any atom is 0.184 e. The highest BCUT2D eigenvalue weighted by molar-refractivity contribution is 7.80. The third kappa shape index (κ3) is 4.05. The molecule has 0 aliphatic carbocycles. The van der Waals surface area contributed by atoms with E-state index in [9.17, 15) is 0 Å². The first kappa shape index (κ1) is 13.5. The summed E-state index contributed by atoms with van der Waals surface area (Å²) in [5.74, 6) is 0. The van der Waals surface area contributed by atoms with Crippen molar-refractivity contribution in [3.05, 3.63) is 59.1 Å². The van der Waals surface area contributed by atoms with Gasteiger partial charge in [-0.25, -0.2) is 0 Å². The molecule has 96 valence electrons. The van der Waals surface area contributed by atoms with Crippen LogP contribution in [0.2, 0.25) is 5.02 Å². The van der Waals surface area contributed by atoms with E-state index >= 15 is 0 Å². The lowest BCUT2D eigenvalue weighted by Crippen LogP contribution is -2.23. The second-order valence-corrected chi connectivity index (χ2v) is 4.74. The highest BCUT2D eigenvalue weighted by Crippen LogP contribution is 2.21. The zero-order valence-corrected chi connectivity index (χ0v) is 11.6. The van der Waals surface area contributed by atoms with Crippen molar-refractivity contribution in [2.45, 2.75) is 0 Å². The molecule has 0 amide bonds. The topological polar surface area (TPSA) is 50.4 Å². The van der Waals surface area contributed by atoms with E-state index in [1.807, 2.05) is 48.5 Å². The van der Waals surface area contributed by atoms with Crippen LogP contribution in [0.25, 0.3) is 11.1 Å². The SMILES string of the molecule is NC(=S)NN=Cc1ccc(-c2ccc(Cl)cc2)cc1. The monoisotopic (exact) mass is 289 g/mol. The van der Waals surface area contributed by atoms with Gasteiger partial charge in [0.15, 0.2) is 5.11 Å². The number of nitrogens with zero attached hydrogens (tertiary/aromatic N) is 1. The van der Waals surface area contributed by atoms with Crippen molar-refractivity contribution in [1.29, 1.82) is 0 Å². The molecule has 0 atom stereocenters. The quantitative estimate of drug-likeness (QED) is 0.518. The van der Waals surface area contributed by atoms with E-state index in [0.29, 0.717) is 0 Å². The van der Waals surface area contributed by atoms with Gasteiger partial charge in [0.05, 0.1) is 6.21 Å². The molecule has 0 aliphatic heterocycles. The minimum Gasteiger partial charge on any atom is -0.375 e. The molecule has 0 radical (unpaired) electrons. The Morgan fingerprint density at radius 1 is 1.05 bits per heavy atom. The molecule has 5 heteroatoms. The largest absolute Gasteiger partial charge is 0.375 e. The van der Waals surface area contributed by atoms with Gasteiger partial charge in [-0.15, -0.1) is 0 Å². The fourth-order valence-corrected chi connectivity index (χ4v) is 1.75. The van der Waals surface area contributed by atoms with Gasteiger partial charge in [-0.05, 0) is 41.0 Å². The summed E-state index contributed by atoms with van der Waals surface area (Å²) in [6.07, 6.45) is 1.66. The normalized spacial score (nSPS) is 10.6. The average Bonchev–Trinajstić information content (AvgIpc) is 2.40. The highest BCUT2D eigenvalue weighted by atomic mass is 35.5. The molecule has 2 aromatic carbocycles. The Labute approximate surface area is 122 Å². The molecule has 0 unspecified atom stereocenters. The summed E-state index contributed by atoms with van der Waals surface area (Å²) in [5.41, 5.74) is 11.0. The van der Waals surface area contributed by atoms with E-state index in [2.05, 4.69) is 22.7 Å². The fraction of sp³-hybridized carbons (Fsp3) is 0. The first-order valence-electron chi connectivity index (χ1n) is 5.59. The molecule has 0 saturated heterocycles. The van der Waals surface area contributed by atoms with Crippen LogP contribution in [0.5, 0.6) is 0 Å². The number of benzene rings is 2. The van der Waals surface area contributed by atoms with Crippen LogP contribution < -0.4 is 11.2 Å². The Bertz CT molecular complexity index is 591. The predicted octanol–water partition coefficient (Wildman–Crippen LogP) is 3.17. The molecule has 0 aliphatic rings. The molecule has 0 heterocycles. The van der Waals surface area contributed by atoms with Crippen LogP contribution in [0, 0.1) is 0 Å². The van der Waals surface area contributed by atoms with Crippen LogP contribution in [0.3, 0.4) is 0 Å². The number of nitrogens with one attached hydrogen (secondary N) is 1. The van der Waals surface area contributed by atoms with Gasteiger partial charge in [0.25, 0.3) is 0 Å². The lowest BCUT2D eigenvalue weighted by Gasteiger charge is -2.02. The minimum atomic E-state index is 0.147. The molecular formula is C14H12ClN3S. The van der Waals surface area contributed by atoms with Crippen molar-refractivity contribution in [2.24, 2.45) is 10.8 Å². The summed E-state index contributed by atoms with van der Waals surface area (Å²) in [4.78, 5) is 0. The van der Waals surface area contributed by atoms with Gasteiger partial charge in [-0.2, -0.15) is 5.10 Å². The third-order valence-electron chi connectivity index (χ3n) is 2.48. The van der Waals surface area contributed by atoms with Gasteiger partial charge in [0.1, 0.15) is 0 Å². The molecule has 2 aromatic rings. The lowest BCUT2D eigenvalue weighted by atomic mass is 10.0. The summed E-state index contributed by atoms with van der Waals surface area (Å²) in [6, 6.07) is 15.7. The van der Waals surface area contributed by atoms with Crippen molar-refractivity contribution in [1.82, 2.24) is 5.43 Å². The van der Waals surface area contributed by atoms with E-state index < -0.39 is 0 Å². The molecule has 0 bridgehead atoms. The maximum atomic E-state index is 5.86. The molecule has 3 N–H and O–H groups in total. The summed E-state index contributed by atoms with van der Waals surface area (Å²) in [7, 11) is 0. The number of hydrazone groups is 1. The van der Waals surface area contributed by atoms with Gasteiger partial charge in [0.2, 0.25) is 0 Å². The lowest BCUT2D eigenvalue weighted by molar-refractivity contribution is 1.04. The Hall–Kier alpha value is -1.91. The van der Waals surface area contributed by atoms with Crippen LogP contribution >= 0.6 is 23.8 Å². The van der Waals surface area contributed by atoms with Gasteiger partial charge >= 0.3 is 0 Å². The number of rotatable bonds is 3. The standard InChI is InChI=1S/C14H12ClN3S/c15-13-7-5-12(6-8-13)11-3-1-10(2-4-11)9-17-18-14(16)19/h1-9H,(H3,16,18,19). The van der Waals surface area contributed by atoms with Gasteiger partial charge in [0, 0.05) is 5.02 Å². The molecule has 0 spiro atoms. The Kier molecular flexibility index (Phi) is 4.49. The van der Waals surface area contributed by atoms with Crippen LogP contribution in [0.15, 0.2) is 53.6 Å². The number of hydrogen-bond donors (Lipinski definition) is 2. The number of halogens is 1. The first-order valence-corrected chi connectivity index (χ1v) is 6.38. The van der Waals surface area contributed by atoms with E-state index in [1.54, 1.807) is 6.21 Å². The number of hydrogen-bond acceptors (Lipinski definition) is 2. The van der Waals surface area contributed by atoms with Gasteiger partial charge in [-0.1, -0.05) is 48.0 Å². The second kappa shape index (κ2) is 6.31. The smallest absolute Gasteiger partial charge is 0.184 e. The molecule has 0 fully saturated rings. The maximum absolute atomic E-state index is 5.86. The molecule has 19 heavy (non-hydrogen) atoms. The molecule has 2 rings (SSSR count). The van der Waals surface area contributed by atoms with Crippen molar-refractivity contribution in [3.8, 4) is 11.1 Å². The summed E-state index contributed by atoms with van der Waals surface area (Å²) in [5, 5.41) is 4.78.